The van der Waals surface area contributed by atoms with Crippen molar-refractivity contribution in [3.05, 3.63) is 28.2 Å². The summed E-state index contributed by atoms with van der Waals surface area (Å²) >= 11 is 3.46. The Labute approximate surface area is 117 Å². The Bertz CT molecular complexity index is 447. The van der Waals surface area contributed by atoms with Gasteiger partial charge < -0.3 is 10.2 Å². The van der Waals surface area contributed by atoms with Crippen molar-refractivity contribution >= 4 is 27.5 Å². The monoisotopic (exact) mass is 310 g/mol. The number of halogens is 1. The normalized spacial score (nSPS) is 21.6. The molecule has 1 amide bonds. The van der Waals surface area contributed by atoms with Crippen LogP contribution in [0.4, 0.5) is 5.69 Å². The van der Waals surface area contributed by atoms with Crippen LogP contribution in [0.2, 0.25) is 0 Å². The molecule has 0 bridgehead atoms. The first kappa shape index (κ1) is 13.6. The summed E-state index contributed by atoms with van der Waals surface area (Å²) in [6.07, 6.45) is 0.994. The maximum atomic E-state index is 12.4. The summed E-state index contributed by atoms with van der Waals surface area (Å²) in [6.45, 7) is 6.57. The fourth-order valence-electron chi connectivity index (χ4n) is 2.31. The maximum absolute atomic E-state index is 12.4. The highest BCUT2D eigenvalue weighted by molar-refractivity contribution is 9.10. The summed E-state index contributed by atoms with van der Waals surface area (Å²) in [5.74, 6) is 0.251. The van der Waals surface area contributed by atoms with Crippen LogP contribution in [0.3, 0.4) is 0 Å². The van der Waals surface area contributed by atoms with Crippen LogP contribution in [0.25, 0.3) is 0 Å². The van der Waals surface area contributed by atoms with Crippen LogP contribution < -0.4 is 10.2 Å². The molecule has 1 N–H and O–H groups in total. The molecule has 2 rings (SSSR count). The number of nitrogens with zero attached hydrogens (tertiary/aromatic N) is 1. The topological polar surface area (TPSA) is 32.3 Å². The van der Waals surface area contributed by atoms with E-state index in [-0.39, 0.29) is 11.8 Å². The van der Waals surface area contributed by atoms with Gasteiger partial charge in [-0.2, -0.15) is 0 Å². The molecule has 0 aliphatic carbocycles. The second-order valence-corrected chi connectivity index (χ2v) is 5.80. The third-order valence-corrected chi connectivity index (χ3v) is 3.82. The number of aryl methyl sites for hydroxylation is 1. The van der Waals surface area contributed by atoms with E-state index >= 15 is 0 Å². The van der Waals surface area contributed by atoms with E-state index in [1.165, 1.54) is 0 Å². The van der Waals surface area contributed by atoms with Crippen molar-refractivity contribution in [1.29, 1.82) is 0 Å². The van der Waals surface area contributed by atoms with Gasteiger partial charge in [0.05, 0.1) is 0 Å². The third-order valence-electron chi connectivity index (χ3n) is 3.32. The van der Waals surface area contributed by atoms with Crippen LogP contribution in [0, 0.1) is 12.8 Å². The predicted molar refractivity (Wildman–Crippen MR) is 77.9 cm³/mol. The number of carbonyl (C=O) groups is 1. The Balaban J connectivity index is 2.30. The SMILES string of the molecule is Cc1cc(Br)ccc1N1CCCNCC(C)C1=O. The van der Waals surface area contributed by atoms with Gasteiger partial charge in [-0.1, -0.05) is 22.9 Å². The first-order valence-corrected chi connectivity index (χ1v) is 7.17. The summed E-state index contributed by atoms with van der Waals surface area (Å²) in [7, 11) is 0. The number of hydrogen-bond acceptors (Lipinski definition) is 2. The largest absolute Gasteiger partial charge is 0.316 e. The zero-order valence-electron chi connectivity index (χ0n) is 10.9. The fraction of sp³-hybridized carbons (Fsp3) is 0.500. The van der Waals surface area contributed by atoms with Crippen molar-refractivity contribution in [2.75, 3.05) is 24.5 Å². The average molecular weight is 311 g/mol. The highest BCUT2D eigenvalue weighted by atomic mass is 79.9. The Kier molecular flexibility index (Phi) is 4.40. The Morgan fingerprint density at radius 2 is 2.22 bits per heavy atom. The minimum absolute atomic E-state index is 0.0355. The van der Waals surface area contributed by atoms with E-state index in [2.05, 4.69) is 34.2 Å². The lowest BCUT2D eigenvalue weighted by Crippen LogP contribution is -2.43. The molecule has 0 radical (unpaired) electrons. The number of carbonyl (C=O) groups excluding carboxylic acids is 1. The molecule has 4 heteroatoms. The van der Waals surface area contributed by atoms with Crippen LogP contribution in [0.5, 0.6) is 0 Å². The molecule has 1 aliphatic rings. The van der Waals surface area contributed by atoms with E-state index in [1.807, 2.05) is 24.0 Å². The van der Waals surface area contributed by atoms with Gasteiger partial charge in [-0.25, -0.2) is 0 Å². The Morgan fingerprint density at radius 3 is 2.94 bits per heavy atom. The van der Waals surface area contributed by atoms with Gasteiger partial charge in [0, 0.05) is 29.2 Å². The lowest BCUT2D eigenvalue weighted by atomic mass is 10.1. The number of hydrogen-bond donors (Lipinski definition) is 1. The molecule has 0 saturated carbocycles. The average Bonchev–Trinajstić information content (AvgIpc) is 2.32. The molecule has 98 valence electrons. The zero-order valence-corrected chi connectivity index (χ0v) is 12.5. The van der Waals surface area contributed by atoms with Crippen molar-refractivity contribution in [3.8, 4) is 0 Å². The minimum Gasteiger partial charge on any atom is -0.316 e. The predicted octanol–water partition coefficient (Wildman–Crippen LogP) is 2.72. The second-order valence-electron chi connectivity index (χ2n) is 4.88. The molecule has 1 unspecified atom stereocenters. The van der Waals surface area contributed by atoms with Crippen LogP contribution in [0.1, 0.15) is 18.9 Å². The highest BCUT2D eigenvalue weighted by Gasteiger charge is 2.24. The van der Waals surface area contributed by atoms with E-state index in [0.29, 0.717) is 0 Å². The molecule has 0 aromatic heterocycles. The molecule has 0 spiro atoms. The van der Waals surface area contributed by atoms with E-state index < -0.39 is 0 Å². The van der Waals surface area contributed by atoms with Crippen molar-refractivity contribution < 1.29 is 4.79 Å². The van der Waals surface area contributed by atoms with Gasteiger partial charge in [-0.3, -0.25) is 4.79 Å². The van der Waals surface area contributed by atoms with Crippen molar-refractivity contribution in [3.63, 3.8) is 0 Å². The fourth-order valence-corrected chi connectivity index (χ4v) is 2.78. The Hall–Kier alpha value is -0.870. The number of anilines is 1. The molecule has 18 heavy (non-hydrogen) atoms. The smallest absolute Gasteiger partial charge is 0.231 e. The molecule has 3 nitrogen and oxygen atoms in total. The molecular formula is C14H19BrN2O. The standard InChI is InChI=1S/C14H19BrN2O/c1-10-8-12(15)4-5-13(10)17-7-3-6-16-9-11(2)14(17)18/h4-5,8,11,16H,3,6-7,9H2,1-2H3. The van der Waals surface area contributed by atoms with Gasteiger partial charge in [0.1, 0.15) is 0 Å². The lowest BCUT2D eigenvalue weighted by molar-refractivity contribution is -0.122. The van der Waals surface area contributed by atoms with Crippen molar-refractivity contribution in [2.24, 2.45) is 5.92 Å². The first-order chi connectivity index (χ1) is 8.59. The summed E-state index contributed by atoms with van der Waals surface area (Å²) in [5.41, 5.74) is 2.18. The maximum Gasteiger partial charge on any atom is 0.231 e. The number of nitrogens with one attached hydrogen (secondary N) is 1. The number of rotatable bonds is 1. The van der Waals surface area contributed by atoms with E-state index in [1.54, 1.807) is 0 Å². The summed E-state index contributed by atoms with van der Waals surface area (Å²) < 4.78 is 1.05. The summed E-state index contributed by atoms with van der Waals surface area (Å²) in [6, 6.07) is 6.08. The van der Waals surface area contributed by atoms with Crippen LogP contribution in [-0.2, 0) is 4.79 Å². The van der Waals surface area contributed by atoms with Gasteiger partial charge in [-0.15, -0.1) is 0 Å². The molecular weight excluding hydrogens is 292 g/mol. The molecule has 1 heterocycles. The Morgan fingerprint density at radius 1 is 1.44 bits per heavy atom. The molecule has 1 aromatic rings. The van der Waals surface area contributed by atoms with Gasteiger partial charge >= 0.3 is 0 Å². The van der Waals surface area contributed by atoms with Crippen LogP contribution >= 0.6 is 15.9 Å². The molecule has 1 saturated heterocycles. The summed E-state index contributed by atoms with van der Waals surface area (Å²) in [5, 5.41) is 3.31. The molecule has 1 aliphatic heterocycles. The molecule has 1 fully saturated rings. The van der Waals surface area contributed by atoms with Gasteiger partial charge in [0.25, 0.3) is 0 Å². The van der Waals surface area contributed by atoms with Crippen LogP contribution in [-0.4, -0.2) is 25.5 Å². The molecule has 1 aromatic carbocycles. The number of amides is 1. The van der Waals surface area contributed by atoms with E-state index in [9.17, 15) is 4.79 Å². The number of benzene rings is 1. The quantitative estimate of drug-likeness (QED) is 0.865. The first-order valence-electron chi connectivity index (χ1n) is 6.38. The van der Waals surface area contributed by atoms with Crippen molar-refractivity contribution in [1.82, 2.24) is 5.32 Å². The van der Waals surface area contributed by atoms with E-state index in [0.717, 1.165) is 41.8 Å². The van der Waals surface area contributed by atoms with E-state index in [4.69, 9.17) is 0 Å². The van der Waals surface area contributed by atoms with Gasteiger partial charge in [0.15, 0.2) is 0 Å². The van der Waals surface area contributed by atoms with Crippen molar-refractivity contribution in [2.45, 2.75) is 20.3 Å². The highest BCUT2D eigenvalue weighted by Crippen LogP contribution is 2.25. The van der Waals surface area contributed by atoms with Gasteiger partial charge in [0.2, 0.25) is 5.91 Å². The van der Waals surface area contributed by atoms with Gasteiger partial charge in [-0.05, 0) is 43.7 Å². The molecule has 1 atom stereocenters. The summed E-state index contributed by atoms with van der Waals surface area (Å²) in [4.78, 5) is 14.3. The third kappa shape index (κ3) is 2.93. The second kappa shape index (κ2) is 5.85. The lowest BCUT2D eigenvalue weighted by Gasteiger charge is -2.29. The van der Waals surface area contributed by atoms with Crippen LogP contribution in [0.15, 0.2) is 22.7 Å². The minimum atomic E-state index is 0.0355. The zero-order chi connectivity index (χ0) is 13.1.